The first-order valence-corrected chi connectivity index (χ1v) is 0. The van der Waals surface area contributed by atoms with E-state index in [2.05, 4.69) is 0 Å². The maximum absolute atomic E-state index is 0. The molecule has 0 aromatic rings. The first kappa shape index (κ1) is 53.2. The molecule has 0 aliphatic rings. The summed E-state index contributed by atoms with van der Waals surface area (Å²) < 4.78 is 0. The summed E-state index contributed by atoms with van der Waals surface area (Å²) in [5.41, 5.74) is 0. The van der Waals surface area contributed by atoms with Gasteiger partial charge in [0, 0.05) is 61.2 Å². The predicted octanol–water partition coefficient (Wildman–Crippen LogP) is -0.0122. The SMILES string of the molecule is [Ce].[Mo+6].[Rh].[S-2].[S-2].[S-2]. The van der Waals surface area contributed by atoms with Gasteiger partial charge in [0.1, 0.15) is 0 Å². The van der Waals surface area contributed by atoms with E-state index in [4.69, 9.17) is 0 Å². The van der Waals surface area contributed by atoms with Crippen LogP contribution in [0.5, 0.6) is 0 Å². The Morgan fingerprint density at radius 1 is 0.667 bits per heavy atom. The van der Waals surface area contributed by atoms with Crippen LogP contribution in [0.4, 0.5) is 0 Å². The molecule has 1 radical (unpaired) electrons. The van der Waals surface area contributed by atoms with Crippen molar-refractivity contribution in [2.75, 3.05) is 0 Å². The molecule has 0 amide bonds. The topological polar surface area (TPSA) is 0 Å². The fourth-order valence-corrected chi connectivity index (χ4v) is 0. The van der Waals surface area contributed by atoms with Crippen molar-refractivity contribution in [1.82, 2.24) is 0 Å². The van der Waals surface area contributed by atoms with Gasteiger partial charge < -0.3 is 40.5 Å². The largest absolute Gasteiger partial charge is 6.00 e. The molecule has 0 spiro atoms. The Bertz CT molecular complexity index is 10.8. The van der Waals surface area contributed by atoms with Gasteiger partial charge in [-0.3, -0.25) is 0 Å². The summed E-state index contributed by atoms with van der Waals surface area (Å²) in [5, 5.41) is 0. The summed E-state index contributed by atoms with van der Waals surface area (Å²) in [7, 11) is 0. The fourth-order valence-electron chi connectivity index (χ4n) is 0. The van der Waals surface area contributed by atoms with Crippen LogP contribution in [0.15, 0.2) is 0 Å². The minimum absolute atomic E-state index is 0. The molecule has 0 aliphatic heterocycles. The van der Waals surface area contributed by atoms with Gasteiger partial charge in [-0.05, 0) is 0 Å². The second-order valence-corrected chi connectivity index (χ2v) is 0. The smallest absolute Gasteiger partial charge is 2.00 e. The minimum atomic E-state index is 0. The molecule has 0 saturated heterocycles. The normalized spacial score (nSPS) is 0. The fraction of sp³-hybridized carbons (Fsp3) is 0. The molecule has 6 heavy (non-hydrogen) atoms. The average Bonchev–Trinajstić information content (AvgIpc) is 0. The summed E-state index contributed by atoms with van der Waals surface area (Å²) in [6.07, 6.45) is 0. The van der Waals surface area contributed by atoms with Crippen LogP contribution in [0.1, 0.15) is 0 Å². The standard InChI is InChI=1S/Ce.Mo.Rh.3S/q;+6;;3*-2. The van der Waals surface area contributed by atoms with Crippen molar-refractivity contribution >= 4 is 40.5 Å². The summed E-state index contributed by atoms with van der Waals surface area (Å²) in [4.78, 5) is 0. The number of hydrogen-bond acceptors (Lipinski definition) is 0. The van der Waals surface area contributed by atoms with Gasteiger partial charge in [-0.1, -0.05) is 0 Å². The van der Waals surface area contributed by atoms with E-state index < -0.39 is 0 Å². The second-order valence-electron chi connectivity index (χ2n) is 0. The third kappa shape index (κ3) is 25.1. The van der Waals surface area contributed by atoms with Crippen molar-refractivity contribution in [3.05, 3.63) is 0 Å². The first-order chi connectivity index (χ1) is 0. The Morgan fingerprint density at radius 2 is 0.667 bits per heavy atom. The van der Waals surface area contributed by atoms with Crippen molar-refractivity contribution in [2.24, 2.45) is 0 Å². The van der Waals surface area contributed by atoms with Crippen molar-refractivity contribution in [3.63, 3.8) is 0 Å². The van der Waals surface area contributed by atoms with E-state index in [0.29, 0.717) is 0 Å². The molecule has 0 saturated carbocycles. The van der Waals surface area contributed by atoms with E-state index in [1.54, 1.807) is 0 Å². The zero-order valence-corrected chi connectivity index (χ0v) is 11.7. The second kappa shape index (κ2) is 37.4. The molecule has 0 fully saturated rings. The van der Waals surface area contributed by atoms with Gasteiger partial charge in [0.2, 0.25) is 0 Å². The quantitative estimate of drug-likeness (QED) is 0.470. The number of rotatable bonds is 0. The Labute approximate surface area is 120 Å². The van der Waals surface area contributed by atoms with E-state index in [1.165, 1.54) is 0 Å². The molecule has 0 atom stereocenters. The molecule has 0 nitrogen and oxygen atoms in total. The van der Waals surface area contributed by atoms with Crippen LogP contribution in [0.3, 0.4) is 0 Å². The molecule has 0 heterocycles. The third-order valence-corrected chi connectivity index (χ3v) is 0. The maximum atomic E-state index is 0. The Balaban J connectivity index is 0. The van der Waals surface area contributed by atoms with Crippen molar-refractivity contribution < 1.29 is 82.3 Å². The molecular formula is CeMoRhS3. The molecular weight excluding hydrogens is 435 g/mol. The summed E-state index contributed by atoms with van der Waals surface area (Å²) in [5.74, 6) is 0. The van der Waals surface area contributed by atoms with Gasteiger partial charge in [0.05, 0.1) is 0 Å². The predicted molar refractivity (Wildman–Crippen MR) is 22.1 cm³/mol. The molecule has 0 aliphatic carbocycles. The van der Waals surface area contributed by atoms with Crippen LogP contribution in [-0.4, -0.2) is 0 Å². The Morgan fingerprint density at radius 3 is 0.667 bits per heavy atom. The van der Waals surface area contributed by atoms with Crippen LogP contribution >= 0.6 is 0 Å². The molecule has 0 rings (SSSR count). The van der Waals surface area contributed by atoms with Gasteiger partial charge in [-0.25, -0.2) is 0 Å². The molecule has 0 aromatic heterocycles. The van der Waals surface area contributed by atoms with Crippen LogP contribution in [0, 0.1) is 41.7 Å². The van der Waals surface area contributed by atoms with Crippen molar-refractivity contribution in [3.8, 4) is 0 Å². The van der Waals surface area contributed by atoms with Gasteiger partial charge in [0.15, 0.2) is 0 Å². The van der Waals surface area contributed by atoms with Crippen LogP contribution in [0.25, 0.3) is 0 Å². The summed E-state index contributed by atoms with van der Waals surface area (Å²) in [6.45, 7) is 0. The van der Waals surface area contributed by atoms with Crippen LogP contribution in [0.2, 0.25) is 0 Å². The van der Waals surface area contributed by atoms with E-state index in [0.717, 1.165) is 0 Å². The molecule has 37 valence electrons. The number of hydrogen-bond donors (Lipinski definition) is 0. The van der Waals surface area contributed by atoms with Gasteiger partial charge >= 0.3 is 21.1 Å². The summed E-state index contributed by atoms with van der Waals surface area (Å²) in [6, 6.07) is 0. The molecule has 6 heteroatoms. The average molecular weight is 435 g/mol. The van der Waals surface area contributed by atoms with Crippen molar-refractivity contribution in [1.29, 1.82) is 0 Å². The van der Waals surface area contributed by atoms with Gasteiger partial charge in [-0.15, -0.1) is 0 Å². The van der Waals surface area contributed by atoms with Crippen LogP contribution in [-0.2, 0) is 81.0 Å². The van der Waals surface area contributed by atoms with E-state index >= 15 is 0 Å². The molecule has 0 N–H and O–H groups in total. The zero-order chi connectivity index (χ0) is 0. The monoisotopic (exact) mass is 437 g/mol. The molecule has 0 aromatic carbocycles. The summed E-state index contributed by atoms with van der Waals surface area (Å²) >= 11 is 0. The van der Waals surface area contributed by atoms with Crippen molar-refractivity contribution in [2.45, 2.75) is 0 Å². The minimum Gasteiger partial charge on any atom is -2.00 e. The van der Waals surface area contributed by atoms with E-state index in [1.807, 2.05) is 0 Å². The zero-order valence-electron chi connectivity index (χ0n) is 2.47. The van der Waals surface area contributed by atoms with Crippen LogP contribution < -0.4 is 0 Å². The van der Waals surface area contributed by atoms with E-state index in [9.17, 15) is 0 Å². The first-order valence-electron chi connectivity index (χ1n) is 0. The third-order valence-electron chi connectivity index (χ3n) is 0. The Kier molecular flexibility index (Phi) is 332. The Hall–Kier alpha value is 3.74. The molecule has 0 unspecified atom stereocenters. The van der Waals surface area contributed by atoms with E-state index in [-0.39, 0.29) is 123 Å². The van der Waals surface area contributed by atoms with Gasteiger partial charge in [0.25, 0.3) is 0 Å². The molecule has 0 bridgehead atoms. The maximum Gasteiger partial charge on any atom is 6.00 e. The van der Waals surface area contributed by atoms with Gasteiger partial charge in [-0.2, -0.15) is 0 Å².